The van der Waals surface area contributed by atoms with Gasteiger partial charge in [0.2, 0.25) is 0 Å². The Hall–Kier alpha value is -3.48. The molecule has 37 heavy (non-hydrogen) atoms. The van der Waals surface area contributed by atoms with Crippen LogP contribution in [0.15, 0.2) is 48.5 Å². The summed E-state index contributed by atoms with van der Waals surface area (Å²) in [4.78, 5) is 28.6. The predicted octanol–water partition coefficient (Wildman–Crippen LogP) is 5.48. The van der Waals surface area contributed by atoms with Crippen molar-refractivity contribution in [3.8, 4) is 0 Å². The average molecular weight is 532 g/mol. The van der Waals surface area contributed by atoms with Gasteiger partial charge >= 0.3 is 24.4 Å². The van der Waals surface area contributed by atoms with Crippen LogP contribution in [0.25, 0.3) is 0 Å². The molecule has 0 spiro atoms. The lowest BCUT2D eigenvalue weighted by Gasteiger charge is -2.26. The number of anilines is 2. The predicted molar refractivity (Wildman–Crippen MR) is 126 cm³/mol. The number of nitrogens with one attached hydrogen (secondary N) is 3. The lowest BCUT2D eigenvalue weighted by atomic mass is 10.2. The number of nitrogens with zero attached hydrogens (tertiary/aromatic N) is 2. The van der Waals surface area contributed by atoms with Gasteiger partial charge in [0.25, 0.3) is 0 Å². The summed E-state index contributed by atoms with van der Waals surface area (Å²) in [5.41, 5.74) is -1.32. The van der Waals surface area contributed by atoms with Crippen molar-refractivity contribution in [1.29, 1.82) is 0 Å². The van der Waals surface area contributed by atoms with Crippen LogP contribution in [0.2, 0.25) is 0 Å². The van der Waals surface area contributed by atoms with E-state index < -0.39 is 35.5 Å². The summed E-state index contributed by atoms with van der Waals surface area (Å²) in [6, 6.07) is 6.82. The van der Waals surface area contributed by atoms with Crippen molar-refractivity contribution in [2.75, 3.05) is 49.9 Å². The SMILES string of the molecule is O=C(NCCN(CCN1CCCC1)C(=O)Nc1ccc(C(F)(F)F)cc1)Nc1ccc(C(F)(F)F)cc1. The molecule has 1 aliphatic heterocycles. The maximum atomic E-state index is 12.8. The number of alkyl halides is 6. The van der Waals surface area contributed by atoms with Gasteiger partial charge < -0.3 is 25.8 Å². The van der Waals surface area contributed by atoms with E-state index in [1.807, 2.05) is 0 Å². The van der Waals surface area contributed by atoms with Gasteiger partial charge in [0.05, 0.1) is 11.1 Å². The first-order valence-corrected chi connectivity index (χ1v) is 11.6. The van der Waals surface area contributed by atoms with Crippen LogP contribution in [-0.2, 0) is 12.4 Å². The Morgan fingerprint density at radius 1 is 0.757 bits per heavy atom. The fraction of sp³-hybridized carbons (Fsp3) is 0.417. The smallest absolute Gasteiger partial charge is 0.336 e. The molecule has 0 unspecified atom stereocenters. The first-order valence-electron chi connectivity index (χ1n) is 11.6. The van der Waals surface area contributed by atoms with Gasteiger partial charge in [-0.1, -0.05) is 0 Å². The third-order valence-electron chi connectivity index (χ3n) is 5.77. The Kier molecular flexibility index (Phi) is 9.24. The Labute approximate surface area is 209 Å². The largest absolute Gasteiger partial charge is 0.416 e. The molecular formula is C24H27F6N5O2. The average Bonchev–Trinajstić information content (AvgIpc) is 3.34. The summed E-state index contributed by atoms with van der Waals surface area (Å²) >= 11 is 0. The highest BCUT2D eigenvalue weighted by molar-refractivity contribution is 5.90. The van der Waals surface area contributed by atoms with E-state index in [1.165, 1.54) is 4.90 Å². The molecule has 0 atom stereocenters. The number of carbonyl (C=O) groups is 2. The van der Waals surface area contributed by atoms with Crippen LogP contribution in [0.4, 0.5) is 47.3 Å². The Bertz CT molecular complexity index is 1040. The molecule has 0 radical (unpaired) electrons. The van der Waals surface area contributed by atoms with E-state index in [0.717, 1.165) is 74.5 Å². The highest BCUT2D eigenvalue weighted by Gasteiger charge is 2.31. The lowest BCUT2D eigenvalue weighted by Crippen LogP contribution is -2.44. The summed E-state index contributed by atoms with van der Waals surface area (Å²) in [5.74, 6) is 0. The molecule has 7 nitrogen and oxygen atoms in total. The third kappa shape index (κ3) is 8.85. The lowest BCUT2D eigenvalue weighted by molar-refractivity contribution is -0.138. The fourth-order valence-electron chi connectivity index (χ4n) is 3.75. The molecule has 2 aromatic rings. The molecule has 13 heteroatoms. The molecule has 0 aromatic heterocycles. The van der Waals surface area contributed by atoms with Crippen molar-refractivity contribution in [3.05, 3.63) is 59.7 Å². The number of carbonyl (C=O) groups excluding carboxylic acids is 2. The van der Waals surface area contributed by atoms with Gasteiger partial charge in [0, 0.05) is 37.6 Å². The molecule has 1 fully saturated rings. The Morgan fingerprint density at radius 2 is 1.24 bits per heavy atom. The molecule has 0 saturated carbocycles. The van der Waals surface area contributed by atoms with Crippen molar-refractivity contribution in [3.63, 3.8) is 0 Å². The number of rotatable bonds is 8. The van der Waals surface area contributed by atoms with Crippen molar-refractivity contribution >= 4 is 23.4 Å². The van der Waals surface area contributed by atoms with E-state index in [0.29, 0.717) is 13.1 Å². The monoisotopic (exact) mass is 531 g/mol. The van der Waals surface area contributed by atoms with E-state index in [2.05, 4.69) is 20.9 Å². The molecule has 1 saturated heterocycles. The van der Waals surface area contributed by atoms with E-state index >= 15 is 0 Å². The number of urea groups is 2. The second-order valence-corrected chi connectivity index (χ2v) is 8.50. The molecule has 1 heterocycles. The van der Waals surface area contributed by atoms with E-state index in [4.69, 9.17) is 0 Å². The topological polar surface area (TPSA) is 76.7 Å². The summed E-state index contributed by atoms with van der Waals surface area (Å²) < 4.78 is 76.3. The van der Waals surface area contributed by atoms with Gasteiger partial charge in [-0.3, -0.25) is 0 Å². The molecular weight excluding hydrogens is 504 g/mol. The normalized spacial score (nSPS) is 14.3. The van der Waals surface area contributed by atoms with Gasteiger partial charge in [0.15, 0.2) is 0 Å². The minimum atomic E-state index is -4.49. The van der Waals surface area contributed by atoms with Crippen LogP contribution < -0.4 is 16.0 Å². The van der Waals surface area contributed by atoms with E-state index in [1.54, 1.807) is 0 Å². The van der Waals surface area contributed by atoms with Gasteiger partial charge in [-0.2, -0.15) is 26.3 Å². The van der Waals surface area contributed by atoms with Crippen LogP contribution in [0, 0.1) is 0 Å². The fourth-order valence-corrected chi connectivity index (χ4v) is 3.75. The number of hydrogen-bond donors (Lipinski definition) is 3. The zero-order chi connectivity index (χ0) is 27.1. The highest BCUT2D eigenvalue weighted by atomic mass is 19.4. The Morgan fingerprint density at radius 3 is 1.73 bits per heavy atom. The van der Waals surface area contributed by atoms with Gasteiger partial charge in [0.1, 0.15) is 0 Å². The second-order valence-electron chi connectivity index (χ2n) is 8.50. The quantitative estimate of drug-likeness (QED) is 0.395. The molecule has 1 aliphatic rings. The number of hydrogen-bond acceptors (Lipinski definition) is 3. The molecule has 4 amide bonds. The van der Waals surface area contributed by atoms with Crippen LogP contribution in [-0.4, -0.2) is 61.1 Å². The maximum absolute atomic E-state index is 12.8. The van der Waals surface area contributed by atoms with Crippen LogP contribution >= 0.6 is 0 Å². The Balaban J connectivity index is 1.54. The van der Waals surface area contributed by atoms with E-state index in [-0.39, 0.29) is 24.5 Å². The van der Waals surface area contributed by atoms with Crippen LogP contribution in [0.1, 0.15) is 24.0 Å². The number of benzene rings is 2. The van der Waals surface area contributed by atoms with Gasteiger partial charge in [-0.05, 0) is 74.5 Å². The number of likely N-dealkylation sites (tertiary alicyclic amines) is 1. The van der Waals surface area contributed by atoms with E-state index in [9.17, 15) is 35.9 Å². The number of halogens is 6. The molecule has 0 aliphatic carbocycles. The molecule has 2 aromatic carbocycles. The number of amides is 4. The minimum absolute atomic E-state index is 0.0346. The standard InChI is InChI=1S/C24H27F6N5O2/c25-23(26,27)17-3-7-19(8-4-17)32-21(36)31-11-14-35(16-15-34-12-1-2-13-34)22(37)33-20-9-5-18(6-10-20)24(28,29)30/h3-10H,1-2,11-16H2,(H,33,37)(H2,31,32,36). The first kappa shape index (κ1) is 28.1. The summed E-state index contributed by atoms with van der Waals surface area (Å²) in [6.45, 7) is 2.87. The van der Waals surface area contributed by atoms with Gasteiger partial charge in [-0.25, -0.2) is 9.59 Å². The highest BCUT2D eigenvalue weighted by Crippen LogP contribution is 2.30. The minimum Gasteiger partial charge on any atom is -0.336 e. The van der Waals surface area contributed by atoms with Crippen LogP contribution in [0.3, 0.4) is 0 Å². The second kappa shape index (κ2) is 12.2. The first-order chi connectivity index (χ1) is 17.4. The van der Waals surface area contributed by atoms with Crippen molar-refractivity contribution in [2.24, 2.45) is 0 Å². The van der Waals surface area contributed by atoms with Crippen molar-refractivity contribution < 1.29 is 35.9 Å². The molecule has 202 valence electrons. The van der Waals surface area contributed by atoms with Gasteiger partial charge in [-0.15, -0.1) is 0 Å². The molecule has 3 N–H and O–H groups in total. The zero-order valence-corrected chi connectivity index (χ0v) is 19.8. The molecule has 3 rings (SSSR count). The zero-order valence-electron chi connectivity index (χ0n) is 19.8. The third-order valence-corrected chi connectivity index (χ3v) is 5.77. The maximum Gasteiger partial charge on any atom is 0.416 e. The molecule has 0 bridgehead atoms. The van der Waals surface area contributed by atoms with Crippen LogP contribution in [0.5, 0.6) is 0 Å². The van der Waals surface area contributed by atoms with Crippen molar-refractivity contribution in [1.82, 2.24) is 15.1 Å². The summed E-state index contributed by atoms with van der Waals surface area (Å²) in [5, 5.41) is 7.54. The van der Waals surface area contributed by atoms with Crippen molar-refractivity contribution in [2.45, 2.75) is 25.2 Å². The summed E-state index contributed by atoms with van der Waals surface area (Å²) in [6.07, 6.45) is -6.86. The summed E-state index contributed by atoms with van der Waals surface area (Å²) in [7, 11) is 0.